The summed E-state index contributed by atoms with van der Waals surface area (Å²) in [7, 11) is 0. The average Bonchev–Trinajstić information content (AvgIpc) is 3.47. The van der Waals surface area contributed by atoms with Gasteiger partial charge in [0.15, 0.2) is 11.0 Å². The highest BCUT2D eigenvalue weighted by molar-refractivity contribution is 7.99. The van der Waals surface area contributed by atoms with Gasteiger partial charge in [-0.2, -0.15) is 8.75 Å². The summed E-state index contributed by atoms with van der Waals surface area (Å²) in [5.74, 6) is 0.178. The number of fused-ring (bicyclic) bond motifs is 1. The van der Waals surface area contributed by atoms with Crippen LogP contribution in [-0.2, 0) is 4.79 Å². The first-order valence-corrected chi connectivity index (χ1v) is 11.3. The summed E-state index contributed by atoms with van der Waals surface area (Å²) in [4.78, 5) is 12.6. The number of carbonyl (C=O) groups is 1. The van der Waals surface area contributed by atoms with Crippen molar-refractivity contribution in [2.24, 2.45) is 0 Å². The van der Waals surface area contributed by atoms with Gasteiger partial charge >= 0.3 is 0 Å². The molecule has 32 heavy (non-hydrogen) atoms. The van der Waals surface area contributed by atoms with E-state index in [2.05, 4.69) is 24.3 Å². The molecule has 5 aromatic rings. The normalized spacial score (nSPS) is 11.0. The highest BCUT2D eigenvalue weighted by atomic mass is 32.2. The molecule has 0 bridgehead atoms. The van der Waals surface area contributed by atoms with E-state index in [4.69, 9.17) is 0 Å². The van der Waals surface area contributed by atoms with Gasteiger partial charge in [-0.05, 0) is 48.5 Å². The number of rotatable bonds is 6. The van der Waals surface area contributed by atoms with Gasteiger partial charge in [0.25, 0.3) is 0 Å². The molecule has 0 aliphatic heterocycles. The Morgan fingerprint density at radius 1 is 0.969 bits per heavy atom. The van der Waals surface area contributed by atoms with E-state index in [1.165, 1.54) is 23.9 Å². The molecule has 0 saturated heterocycles. The zero-order chi connectivity index (χ0) is 21.9. The maximum Gasteiger partial charge on any atom is 0.234 e. The Morgan fingerprint density at radius 2 is 1.78 bits per heavy atom. The molecule has 1 N–H and O–H groups in total. The first-order chi connectivity index (χ1) is 15.7. The number of nitrogens with zero attached hydrogens (tertiary/aromatic N) is 5. The maximum absolute atomic E-state index is 13.4. The molecule has 0 radical (unpaired) electrons. The first-order valence-electron chi connectivity index (χ1n) is 9.60. The fourth-order valence-corrected chi connectivity index (χ4v) is 4.48. The van der Waals surface area contributed by atoms with Gasteiger partial charge in [-0.25, -0.2) is 4.39 Å². The van der Waals surface area contributed by atoms with Gasteiger partial charge in [0.2, 0.25) is 5.91 Å². The predicted octanol–water partition coefficient (Wildman–Crippen LogP) is 4.81. The lowest BCUT2D eigenvalue weighted by Crippen LogP contribution is -2.15. The Labute approximate surface area is 190 Å². The van der Waals surface area contributed by atoms with Crippen LogP contribution in [0.25, 0.3) is 28.1 Å². The molecule has 1 amide bonds. The number of hydrogen-bond donors (Lipinski definition) is 1. The van der Waals surface area contributed by atoms with Crippen LogP contribution in [0.4, 0.5) is 10.1 Å². The van der Waals surface area contributed by atoms with Crippen molar-refractivity contribution < 1.29 is 9.18 Å². The lowest BCUT2D eigenvalue weighted by atomic mass is 10.2. The minimum Gasteiger partial charge on any atom is -0.323 e. The molecule has 7 nitrogen and oxygen atoms in total. The molecule has 2 aromatic heterocycles. The van der Waals surface area contributed by atoms with Crippen molar-refractivity contribution >= 4 is 46.1 Å². The number of nitrogens with one attached hydrogen (secondary N) is 1. The lowest BCUT2D eigenvalue weighted by molar-refractivity contribution is -0.113. The topological polar surface area (TPSA) is 85.6 Å². The van der Waals surface area contributed by atoms with Crippen LogP contribution in [0.2, 0.25) is 0 Å². The maximum atomic E-state index is 13.4. The molecule has 0 aliphatic rings. The van der Waals surface area contributed by atoms with Crippen molar-refractivity contribution in [3.8, 4) is 17.1 Å². The smallest absolute Gasteiger partial charge is 0.234 e. The number of para-hydroxylation sites is 1. The van der Waals surface area contributed by atoms with Crippen LogP contribution in [-0.4, -0.2) is 35.2 Å². The van der Waals surface area contributed by atoms with Crippen molar-refractivity contribution in [3.63, 3.8) is 0 Å². The first kappa shape index (κ1) is 20.3. The molecule has 0 saturated carbocycles. The standard InChI is InChI=1S/C22H15FN6OS2/c23-15-11-9-14(10-12-15)21-25-26-22(29(21)16-5-2-1-3-6-16)31-13-19(30)24-17-7-4-8-18-20(17)28-32-27-18/h1-12H,13H2,(H,24,30). The van der Waals surface area contributed by atoms with E-state index in [1.807, 2.05) is 47.0 Å². The number of anilines is 1. The van der Waals surface area contributed by atoms with Gasteiger partial charge in [-0.1, -0.05) is 36.0 Å². The van der Waals surface area contributed by atoms with E-state index in [1.54, 1.807) is 18.2 Å². The van der Waals surface area contributed by atoms with Crippen LogP contribution < -0.4 is 5.32 Å². The number of carbonyl (C=O) groups excluding carboxylic acids is 1. The molecule has 158 valence electrons. The zero-order valence-corrected chi connectivity index (χ0v) is 18.1. The van der Waals surface area contributed by atoms with Crippen molar-refractivity contribution in [3.05, 3.63) is 78.6 Å². The van der Waals surface area contributed by atoms with Crippen LogP contribution in [0.15, 0.2) is 78.0 Å². The fraction of sp³-hybridized carbons (Fsp3) is 0.0455. The third kappa shape index (κ3) is 4.10. The van der Waals surface area contributed by atoms with Gasteiger partial charge in [0.1, 0.15) is 16.9 Å². The largest absolute Gasteiger partial charge is 0.323 e. The van der Waals surface area contributed by atoms with Gasteiger partial charge in [-0.15, -0.1) is 10.2 Å². The van der Waals surface area contributed by atoms with Crippen LogP contribution in [0, 0.1) is 5.82 Å². The summed E-state index contributed by atoms with van der Waals surface area (Å²) in [6, 6.07) is 21.1. The highest BCUT2D eigenvalue weighted by Gasteiger charge is 2.18. The fourth-order valence-electron chi connectivity index (χ4n) is 3.18. The van der Waals surface area contributed by atoms with Gasteiger partial charge in [-0.3, -0.25) is 9.36 Å². The van der Waals surface area contributed by atoms with E-state index in [0.29, 0.717) is 22.2 Å². The highest BCUT2D eigenvalue weighted by Crippen LogP contribution is 2.28. The zero-order valence-electron chi connectivity index (χ0n) is 16.5. The van der Waals surface area contributed by atoms with Gasteiger partial charge < -0.3 is 5.32 Å². The lowest BCUT2D eigenvalue weighted by Gasteiger charge is -2.10. The molecule has 0 atom stereocenters. The van der Waals surface area contributed by atoms with E-state index in [0.717, 1.165) is 28.5 Å². The van der Waals surface area contributed by atoms with Crippen molar-refractivity contribution in [2.45, 2.75) is 5.16 Å². The molecular formula is C22H15FN6OS2. The Bertz CT molecular complexity index is 1380. The Kier molecular flexibility index (Phi) is 5.61. The number of halogens is 1. The second-order valence-electron chi connectivity index (χ2n) is 6.76. The molecule has 0 spiro atoms. The van der Waals surface area contributed by atoms with E-state index >= 15 is 0 Å². The predicted molar refractivity (Wildman–Crippen MR) is 124 cm³/mol. The Hall–Kier alpha value is -3.63. The molecule has 2 heterocycles. The molecule has 5 rings (SSSR count). The number of hydrogen-bond acceptors (Lipinski definition) is 7. The number of amides is 1. The minimum atomic E-state index is -0.323. The second kappa shape index (κ2) is 8.85. The number of thioether (sulfide) groups is 1. The Morgan fingerprint density at radius 3 is 2.59 bits per heavy atom. The SMILES string of the molecule is O=C(CSc1nnc(-c2ccc(F)cc2)n1-c1ccccc1)Nc1cccc2nsnc12. The molecule has 0 aliphatic carbocycles. The van der Waals surface area contributed by atoms with Crippen LogP contribution in [0.1, 0.15) is 0 Å². The third-order valence-electron chi connectivity index (χ3n) is 4.64. The summed E-state index contributed by atoms with van der Waals surface area (Å²) >= 11 is 2.37. The molecule has 0 fully saturated rings. The van der Waals surface area contributed by atoms with Crippen LogP contribution in [0.5, 0.6) is 0 Å². The van der Waals surface area contributed by atoms with E-state index in [9.17, 15) is 9.18 Å². The third-order valence-corrected chi connectivity index (χ3v) is 6.11. The van der Waals surface area contributed by atoms with Crippen LogP contribution in [0.3, 0.4) is 0 Å². The van der Waals surface area contributed by atoms with E-state index in [-0.39, 0.29) is 17.5 Å². The monoisotopic (exact) mass is 462 g/mol. The minimum absolute atomic E-state index is 0.127. The van der Waals surface area contributed by atoms with E-state index < -0.39 is 0 Å². The summed E-state index contributed by atoms with van der Waals surface area (Å²) in [5, 5.41) is 12.0. The quantitative estimate of drug-likeness (QED) is 0.365. The van der Waals surface area contributed by atoms with Gasteiger partial charge in [0.05, 0.1) is 23.2 Å². The Balaban J connectivity index is 1.40. The number of aromatic nitrogens is 5. The summed E-state index contributed by atoms with van der Waals surface area (Å²) < 4.78 is 23.7. The molecule has 3 aromatic carbocycles. The van der Waals surface area contributed by atoms with Gasteiger partial charge in [0, 0.05) is 11.3 Å². The second-order valence-corrected chi connectivity index (χ2v) is 8.23. The van der Waals surface area contributed by atoms with Crippen molar-refractivity contribution in [2.75, 3.05) is 11.1 Å². The molecule has 0 unspecified atom stereocenters. The number of benzene rings is 3. The van der Waals surface area contributed by atoms with Crippen molar-refractivity contribution in [1.82, 2.24) is 23.5 Å². The molecular weight excluding hydrogens is 447 g/mol. The summed E-state index contributed by atoms with van der Waals surface area (Å²) in [6.45, 7) is 0. The molecule has 10 heteroatoms. The summed E-state index contributed by atoms with van der Waals surface area (Å²) in [6.07, 6.45) is 0. The average molecular weight is 463 g/mol. The van der Waals surface area contributed by atoms with Crippen molar-refractivity contribution in [1.29, 1.82) is 0 Å². The van der Waals surface area contributed by atoms with Crippen LogP contribution >= 0.6 is 23.5 Å². The summed E-state index contributed by atoms with van der Waals surface area (Å²) in [5.41, 5.74) is 3.60.